The minimum Gasteiger partial charge on any atom is -0.292 e. The third-order valence-electron chi connectivity index (χ3n) is 8.22. The Labute approximate surface area is 319 Å². The number of carbonyl (C=O) groups is 5. The van der Waals surface area contributed by atoms with Crippen molar-refractivity contribution in [3.05, 3.63) is 69.8 Å². The van der Waals surface area contributed by atoms with Gasteiger partial charge in [0.1, 0.15) is 22.4 Å². The van der Waals surface area contributed by atoms with Crippen LogP contribution in [0.3, 0.4) is 0 Å². The maximum Gasteiger partial charge on any atom is 0.374 e. The molecule has 0 atom stereocenters. The SMILES string of the molecule is CCCC(C)(C)OOC(=O)c1cc(C(=O)c2ccccc2)c(C(=O)OOC(C)(C)CCC)c(C(=O)OOC(C)(C)CCC)c1C(=O)OOC(C)(C)CCC. The predicted octanol–water partition coefficient (Wildman–Crippen LogP) is 9.59. The van der Waals surface area contributed by atoms with Gasteiger partial charge in [-0.15, -0.1) is 0 Å². The van der Waals surface area contributed by atoms with E-state index in [-0.39, 0.29) is 5.56 Å². The van der Waals surface area contributed by atoms with Gasteiger partial charge in [-0.05, 0) is 87.1 Å². The largest absolute Gasteiger partial charge is 0.374 e. The van der Waals surface area contributed by atoms with Crippen molar-refractivity contribution < 1.29 is 63.1 Å². The van der Waals surface area contributed by atoms with Crippen LogP contribution in [0, 0.1) is 0 Å². The Hall–Kier alpha value is -4.17. The van der Waals surface area contributed by atoms with Gasteiger partial charge in [0.05, 0.1) is 22.3 Å². The molecule has 0 aromatic heterocycles. The van der Waals surface area contributed by atoms with Crippen molar-refractivity contribution in [2.75, 3.05) is 0 Å². The summed E-state index contributed by atoms with van der Waals surface area (Å²) in [6.07, 6.45) is 4.51. The molecule has 2 aromatic rings. The molecule has 2 aromatic carbocycles. The minimum absolute atomic E-state index is 0.0676. The molecule has 2 rings (SSSR count). The maximum absolute atomic E-state index is 14.3. The third kappa shape index (κ3) is 13.6. The highest BCUT2D eigenvalue weighted by atomic mass is 17.2. The Morgan fingerprint density at radius 3 is 1.11 bits per heavy atom. The molecule has 0 spiro atoms. The van der Waals surface area contributed by atoms with Crippen LogP contribution in [0.15, 0.2) is 36.4 Å². The van der Waals surface area contributed by atoms with Gasteiger partial charge in [-0.1, -0.05) is 83.7 Å². The van der Waals surface area contributed by atoms with Gasteiger partial charge in [-0.2, -0.15) is 19.6 Å². The fraction of sp³-hybridized carbons (Fsp3) is 0.585. The van der Waals surface area contributed by atoms with Gasteiger partial charge in [0.25, 0.3) is 0 Å². The Morgan fingerprint density at radius 1 is 0.444 bits per heavy atom. The van der Waals surface area contributed by atoms with Crippen molar-refractivity contribution in [3.8, 4) is 0 Å². The maximum atomic E-state index is 14.3. The standard InChI is InChI=1S/C41H58O13/c1-13-22-38(5,6)51-47-34(43)29-26-28(33(42)27-20-18-17-19-21-27)30(35(44)48-52-39(7,8)23-14-2)32(37(46)50-54-41(11,12)25-16-4)31(29)36(45)49-53-40(9,10)24-15-3/h17-21,26H,13-16,22-25H2,1-12H3. The van der Waals surface area contributed by atoms with E-state index in [4.69, 9.17) is 39.1 Å². The molecule has 0 unspecified atom stereocenters. The molecule has 13 nitrogen and oxygen atoms in total. The zero-order valence-corrected chi connectivity index (χ0v) is 33.9. The van der Waals surface area contributed by atoms with Crippen LogP contribution in [0.5, 0.6) is 0 Å². The summed E-state index contributed by atoms with van der Waals surface area (Å²) in [4.78, 5) is 114. The van der Waals surface area contributed by atoms with E-state index in [0.29, 0.717) is 51.4 Å². The Morgan fingerprint density at radius 2 is 0.759 bits per heavy atom. The zero-order chi connectivity index (χ0) is 40.9. The highest BCUT2D eigenvalue weighted by Crippen LogP contribution is 2.32. The summed E-state index contributed by atoms with van der Waals surface area (Å²) in [6, 6.07) is 8.71. The topological polar surface area (TPSA) is 159 Å². The van der Waals surface area contributed by atoms with Crippen LogP contribution < -0.4 is 0 Å². The quantitative estimate of drug-likeness (QED) is 0.0635. The van der Waals surface area contributed by atoms with E-state index in [1.165, 1.54) is 12.1 Å². The van der Waals surface area contributed by atoms with Crippen LogP contribution in [-0.2, 0) is 39.1 Å². The lowest BCUT2D eigenvalue weighted by atomic mass is 9.87. The van der Waals surface area contributed by atoms with E-state index in [1.54, 1.807) is 73.6 Å². The van der Waals surface area contributed by atoms with E-state index in [0.717, 1.165) is 6.07 Å². The first-order valence-electron chi connectivity index (χ1n) is 18.6. The van der Waals surface area contributed by atoms with Gasteiger partial charge in [0, 0.05) is 11.1 Å². The first-order valence-corrected chi connectivity index (χ1v) is 18.6. The van der Waals surface area contributed by atoms with E-state index in [1.807, 2.05) is 27.7 Å². The van der Waals surface area contributed by atoms with E-state index in [2.05, 4.69) is 0 Å². The van der Waals surface area contributed by atoms with E-state index >= 15 is 0 Å². The molecule has 0 saturated carbocycles. The number of ketones is 1. The van der Waals surface area contributed by atoms with Crippen molar-refractivity contribution in [2.24, 2.45) is 0 Å². The molecule has 0 amide bonds. The number of hydrogen-bond acceptors (Lipinski definition) is 13. The highest BCUT2D eigenvalue weighted by Gasteiger charge is 2.41. The molecule has 13 heteroatoms. The average Bonchev–Trinajstić information content (AvgIpc) is 3.10. The van der Waals surface area contributed by atoms with Crippen molar-refractivity contribution in [1.29, 1.82) is 0 Å². The van der Waals surface area contributed by atoms with Crippen LogP contribution in [-0.4, -0.2) is 52.1 Å². The van der Waals surface area contributed by atoms with Gasteiger partial charge in [0.15, 0.2) is 5.78 Å². The summed E-state index contributed by atoms with van der Waals surface area (Å²) in [5.41, 5.74) is -7.61. The third-order valence-corrected chi connectivity index (χ3v) is 8.22. The summed E-state index contributed by atoms with van der Waals surface area (Å²) in [5.74, 6) is -6.28. The van der Waals surface area contributed by atoms with Crippen molar-refractivity contribution in [1.82, 2.24) is 0 Å². The normalized spacial score (nSPS) is 12.2. The summed E-state index contributed by atoms with van der Waals surface area (Å²) >= 11 is 0. The lowest BCUT2D eigenvalue weighted by Gasteiger charge is -2.25. The predicted molar refractivity (Wildman–Crippen MR) is 198 cm³/mol. The first kappa shape index (κ1) is 46.0. The molecule has 0 aliphatic rings. The Balaban J connectivity index is 3.08. The second-order valence-corrected chi connectivity index (χ2v) is 15.6. The second kappa shape index (κ2) is 19.9. The van der Waals surface area contributed by atoms with Gasteiger partial charge in [0.2, 0.25) is 0 Å². The summed E-state index contributed by atoms with van der Waals surface area (Å²) < 4.78 is 0. The molecular formula is C41H58O13. The number of benzene rings is 2. The van der Waals surface area contributed by atoms with Crippen LogP contribution in [0.4, 0.5) is 0 Å². The van der Waals surface area contributed by atoms with Crippen molar-refractivity contribution >= 4 is 29.7 Å². The molecular weight excluding hydrogens is 700 g/mol. The fourth-order valence-electron chi connectivity index (χ4n) is 5.74. The summed E-state index contributed by atoms with van der Waals surface area (Å²) in [5, 5.41) is 0. The summed E-state index contributed by atoms with van der Waals surface area (Å²) in [7, 11) is 0. The molecule has 0 N–H and O–H groups in total. The monoisotopic (exact) mass is 758 g/mol. The number of hydrogen-bond donors (Lipinski definition) is 0. The number of carbonyl (C=O) groups excluding carboxylic acids is 5. The summed E-state index contributed by atoms with van der Waals surface area (Å²) in [6.45, 7) is 21.0. The molecule has 54 heavy (non-hydrogen) atoms. The van der Waals surface area contributed by atoms with Gasteiger partial charge in [-0.25, -0.2) is 19.2 Å². The van der Waals surface area contributed by atoms with Crippen molar-refractivity contribution in [2.45, 2.75) is 157 Å². The van der Waals surface area contributed by atoms with Crippen LogP contribution in [0.25, 0.3) is 0 Å². The first-order chi connectivity index (χ1) is 25.1. The molecule has 0 aliphatic heterocycles. The number of rotatable bonds is 22. The van der Waals surface area contributed by atoms with E-state index < -0.39 is 79.9 Å². The molecule has 0 heterocycles. The van der Waals surface area contributed by atoms with Crippen LogP contribution >= 0.6 is 0 Å². The molecule has 0 saturated heterocycles. The smallest absolute Gasteiger partial charge is 0.292 e. The van der Waals surface area contributed by atoms with Gasteiger partial charge < -0.3 is 0 Å². The minimum atomic E-state index is -1.43. The fourth-order valence-corrected chi connectivity index (χ4v) is 5.74. The van der Waals surface area contributed by atoms with Crippen LogP contribution in [0.2, 0.25) is 0 Å². The lowest BCUT2D eigenvalue weighted by Crippen LogP contribution is -2.32. The highest BCUT2D eigenvalue weighted by molar-refractivity contribution is 6.22. The molecule has 300 valence electrons. The lowest BCUT2D eigenvalue weighted by molar-refractivity contribution is -0.310. The molecule has 0 radical (unpaired) electrons. The van der Waals surface area contributed by atoms with Crippen molar-refractivity contribution in [3.63, 3.8) is 0 Å². The van der Waals surface area contributed by atoms with Crippen LogP contribution in [0.1, 0.15) is 192 Å². The Bertz CT molecular complexity index is 1610. The second-order valence-electron chi connectivity index (χ2n) is 15.6. The molecule has 0 fully saturated rings. The molecule has 0 aliphatic carbocycles. The van der Waals surface area contributed by atoms with Gasteiger partial charge in [-0.3, -0.25) is 24.3 Å². The van der Waals surface area contributed by atoms with Gasteiger partial charge >= 0.3 is 23.9 Å². The zero-order valence-electron chi connectivity index (χ0n) is 33.9. The Kier molecular flexibility index (Phi) is 17.0. The molecule has 0 bridgehead atoms. The average molecular weight is 759 g/mol. The van der Waals surface area contributed by atoms with E-state index in [9.17, 15) is 24.0 Å².